The highest BCUT2D eigenvalue weighted by molar-refractivity contribution is 7.16. The third-order valence-corrected chi connectivity index (χ3v) is 5.58. The number of hydrogen-bond donors (Lipinski definition) is 1. The average Bonchev–Trinajstić information content (AvgIpc) is 3.24. The van der Waals surface area contributed by atoms with Gasteiger partial charge in [-0.05, 0) is 31.2 Å². The zero-order chi connectivity index (χ0) is 22.7. The summed E-state index contributed by atoms with van der Waals surface area (Å²) >= 11 is 1.14. The number of benzene rings is 2. The molecule has 1 N–H and O–H groups in total. The van der Waals surface area contributed by atoms with Gasteiger partial charge in [0.25, 0.3) is 11.5 Å². The van der Waals surface area contributed by atoms with Gasteiger partial charge >= 0.3 is 5.97 Å². The molecule has 0 radical (unpaired) electrons. The molecule has 0 spiro atoms. The standard InChI is InChI=1S/C23H19N3O5S/c1-3-31-23(29)19-17-13-32-21(24-20(27)14-8-5-4-6-9-14)18(17)22(28)26(25-19)15-10-7-11-16(12-15)30-2/h4-13H,3H2,1-2H3,(H,24,27). The number of anilines is 1. The van der Waals surface area contributed by atoms with Gasteiger partial charge < -0.3 is 14.8 Å². The molecule has 0 aliphatic carbocycles. The number of methoxy groups -OCH3 is 1. The molecule has 0 saturated heterocycles. The SMILES string of the molecule is CCOC(=O)c1nn(-c2cccc(OC)c2)c(=O)c2c(NC(=O)c3ccccc3)scc12. The highest BCUT2D eigenvalue weighted by Crippen LogP contribution is 2.31. The lowest BCUT2D eigenvalue weighted by Crippen LogP contribution is -2.25. The first-order valence-corrected chi connectivity index (χ1v) is 10.6. The summed E-state index contributed by atoms with van der Waals surface area (Å²) in [4.78, 5) is 38.7. The molecule has 0 aliphatic heterocycles. The van der Waals surface area contributed by atoms with E-state index in [1.54, 1.807) is 66.9 Å². The van der Waals surface area contributed by atoms with Gasteiger partial charge in [-0.25, -0.2) is 4.79 Å². The van der Waals surface area contributed by atoms with E-state index in [2.05, 4.69) is 10.4 Å². The first kappa shape index (κ1) is 21.3. The Morgan fingerprint density at radius 1 is 1.12 bits per heavy atom. The highest BCUT2D eigenvalue weighted by atomic mass is 32.1. The number of ether oxygens (including phenoxy) is 2. The zero-order valence-electron chi connectivity index (χ0n) is 17.3. The molecule has 2 aromatic carbocycles. The maximum absolute atomic E-state index is 13.4. The van der Waals surface area contributed by atoms with Crippen LogP contribution in [0.25, 0.3) is 16.5 Å². The van der Waals surface area contributed by atoms with Crippen LogP contribution in [0.1, 0.15) is 27.8 Å². The number of hydrogen-bond acceptors (Lipinski definition) is 7. The third kappa shape index (κ3) is 3.97. The average molecular weight is 449 g/mol. The van der Waals surface area contributed by atoms with Gasteiger partial charge in [0.15, 0.2) is 5.69 Å². The number of esters is 1. The predicted octanol–water partition coefficient (Wildman–Crippen LogP) is 3.88. The minimum atomic E-state index is -0.659. The Kier molecular flexibility index (Phi) is 6.00. The van der Waals surface area contributed by atoms with Crippen molar-refractivity contribution in [3.8, 4) is 11.4 Å². The number of nitrogens with zero attached hydrogens (tertiary/aromatic N) is 2. The molecule has 0 saturated carbocycles. The topological polar surface area (TPSA) is 99.5 Å². The molecular formula is C23H19N3O5S. The fourth-order valence-electron chi connectivity index (χ4n) is 3.17. The van der Waals surface area contributed by atoms with Gasteiger partial charge in [-0.2, -0.15) is 9.78 Å². The van der Waals surface area contributed by atoms with E-state index in [1.165, 1.54) is 7.11 Å². The molecule has 0 unspecified atom stereocenters. The highest BCUT2D eigenvalue weighted by Gasteiger charge is 2.23. The van der Waals surface area contributed by atoms with Crippen LogP contribution in [-0.4, -0.2) is 35.4 Å². The predicted molar refractivity (Wildman–Crippen MR) is 122 cm³/mol. The van der Waals surface area contributed by atoms with Gasteiger partial charge in [-0.3, -0.25) is 9.59 Å². The molecule has 1 amide bonds. The van der Waals surface area contributed by atoms with Crippen LogP contribution in [0.4, 0.5) is 5.00 Å². The lowest BCUT2D eigenvalue weighted by Gasteiger charge is -2.11. The molecule has 8 nitrogen and oxygen atoms in total. The van der Waals surface area contributed by atoms with E-state index in [9.17, 15) is 14.4 Å². The fourth-order valence-corrected chi connectivity index (χ4v) is 4.11. The minimum absolute atomic E-state index is 0.0132. The zero-order valence-corrected chi connectivity index (χ0v) is 18.1. The maximum atomic E-state index is 13.4. The van der Waals surface area contributed by atoms with Crippen molar-refractivity contribution in [2.24, 2.45) is 0 Å². The Morgan fingerprint density at radius 3 is 2.62 bits per heavy atom. The van der Waals surface area contributed by atoms with Gasteiger partial charge in [-0.15, -0.1) is 11.3 Å². The van der Waals surface area contributed by atoms with Crippen LogP contribution in [-0.2, 0) is 4.74 Å². The van der Waals surface area contributed by atoms with Crippen molar-refractivity contribution in [1.29, 1.82) is 0 Å². The van der Waals surface area contributed by atoms with E-state index in [0.29, 0.717) is 27.4 Å². The summed E-state index contributed by atoms with van der Waals surface area (Å²) < 4.78 is 11.5. The summed E-state index contributed by atoms with van der Waals surface area (Å²) in [6.07, 6.45) is 0. The first-order chi connectivity index (χ1) is 15.5. The summed E-state index contributed by atoms with van der Waals surface area (Å²) in [5.74, 6) is -0.499. The molecule has 0 atom stereocenters. The summed E-state index contributed by atoms with van der Waals surface area (Å²) in [5.41, 5.74) is 0.363. The van der Waals surface area contributed by atoms with E-state index in [1.807, 2.05) is 0 Å². The molecule has 4 aromatic rings. The van der Waals surface area contributed by atoms with E-state index >= 15 is 0 Å². The van der Waals surface area contributed by atoms with E-state index in [0.717, 1.165) is 16.0 Å². The number of fused-ring (bicyclic) bond motifs is 1. The molecule has 0 bridgehead atoms. The van der Waals surface area contributed by atoms with Crippen LogP contribution in [0, 0.1) is 0 Å². The van der Waals surface area contributed by atoms with Crippen molar-refractivity contribution < 1.29 is 19.1 Å². The lowest BCUT2D eigenvalue weighted by molar-refractivity contribution is 0.0520. The second-order valence-corrected chi connectivity index (χ2v) is 7.54. The van der Waals surface area contributed by atoms with Crippen molar-refractivity contribution in [2.75, 3.05) is 19.0 Å². The monoisotopic (exact) mass is 449 g/mol. The van der Waals surface area contributed by atoms with E-state index in [4.69, 9.17) is 9.47 Å². The Labute approximate surface area is 187 Å². The van der Waals surface area contributed by atoms with Gasteiger partial charge in [0.2, 0.25) is 0 Å². The number of rotatable bonds is 6. The Balaban J connectivity index is 1.90. The molecule has 0 aliphatic rings. The Morgan fingerprint density at radius 2 is 1.91 bits per heavy atom. The molecule has 32 heavy (non-hydrogen) atoms. The maximum Gasteiger partial charge on any atom is 0.359 e. The van der Waals surface area contributed by atoms with E-state index < -0.39 is 11.5 Å². The summed E-state index contributed by atoms with van der Waals surface area (Å²) in [5, 5.41) is 9.51. The Hall–Kier alpha value is -3.98. The lowest BCUT2D eigenvalue weighted by atomic mass is 10.2. The van der Waals surface area contributed by atoms with Crippen LogP contribution in [0.15, 0.2) is 64.8 Å². The van der Waals surface area contributed by atoms with Crippen LogP contribution in [0.2, 0.25) is 0 Å². The quantitative estimate of drug-likeness (QED) is 0.449. The molecule has 4 rings (SSSR count). The summed E-state index contributed by atoms with van der Waals surface area (Å²) in [7, 11) is 1.51. The van der Waals surface area contributed by atoms with Crippen LogP contribution < -0.4 is 15.6 Å². The van der Waals surface area contributed by atoms with Crippen molar-refractivity contribution in [3.05, 3.63) is 81.6 Å². The minimum Gasteiger partial charge on any atom is -0.497 e. The first-order valence-electron chi connectivity index (χ1n) is 9.76. The molecule has 0 fully saturated rings. The van der Waals surface area contributed by atoms with Crippen LogP contribution in [0.3, 0.4) is 0 Å². The second kappa shape index (κ2) is 9.03. The smallest absolute Gasteiger partial charge is 0.359 e. The van der Waals surface area contributed by atoms with Gasteiger partial charge in [0.05, 0.1) is 24.8 Å². The summed E-state index contributed by atoms with van der Waals surface area (Å²) in [6.45, 7) is 1.84. The molecule has 9 heteroatoms. The number of carbonyl (C=O) groups excluding carboxylic acids is 2. The number of thiophene rings is 1. The van der Waals surface area contributed by atoms with Crippen molar-refractivity contribution in [2.45, 2.75) is 6.92 Å². The number of carbonyl (C=O) groups is 2. The number of amides is 1. The van der Waals surface area contributed by atoms with Gasteiger partial charge in [-0.1, -0.05) is 24.3 Å². The largest absolute Gasteiger partial charge is 0.497 e. The number of nitrogens with one attached hydrogen (secondary N) is 1. The van der Waals surface area contributed by atoms with Crippen LogP contribution >= 0.6 is 11.3 Å². The molecule has 162 valence electrons. The molecular weight excluding hydrogens is 430 g/mol. The fraction of sp³-hybridized carbons (Fsp3) is 0.130. The van der Waals surface area contributed by atoms with Crippen molar-refractivity contribution in [3.63, 3.8) is 0 Å². The van der Waals surface area contributed by atoms with Crippen LogP contribution in [0.5, 0.6) is 5.75 Å². The molecule has 2 heterocycles. The third-order valence-electron chi connectivity index (χ3n) is 4.68. The Bertz CT molecular complexity index is 1360. The van der Waals surface area contributed by atoms with Crippen molar-refractivity contribution in [1.82, 2.24) is 9.78 Å². The number of aromatic nitrogens is 2. The van der Waals surface area contributed by atoms with E-state index in [-0.39, 0.29) is 23.6 Å². The van der Waals surface area contributed by atoms with Gasteiger partial charge in [0, 0.05) is 22.4 Å². The summed E-state index contributed by atoms with van der Waals surface area (Å²) in [6, 6.07) is 15.4. The normalized spacial score (nSPS) is 10.7. The van der Waals surface area contributed by atoms with Gasteiger partial charge in [0.1, 0.15) is 10.8 Å². The molecule has 2 aromatic heterocycles. The van der Waals surface area contributed by atoms with Crippen molar-refractivity contribution >= 4 is 39.0 Å². The second-order valence-electron chi connectivity index (χ2n) is 6.66.